The van der Waals surface area contributed by atoms with E-state index in [4.69, 9.17) is 9.97 Å². The van der Waals surface area contributed by atoms with Crippen molar-refractivity contribution in [3.8, 4) is 11.4 Å². The zero-order chi connectivity index (χ0) is 14.1. The van der Waals surface area contributed by atoms with E-state index in [-0.39, 0.29) is 0 Å². The summed E-state index contributed by atoms with van der Waals surface area (Å²) in [5.74, 6) is 0.861. The van der Waals surface area contributed by atoms with Crippen LogP contribution in [0.3, 0.4) is 0 Å². The lowest BCUT2D eigenvalue weighted by Crippen LogP contribution is -2.16. The van der Waals surface area contributed by atoms with E-state index in [0.29, 0.717) is 0 Å². The maximum atomic E-state index is 4.79. The third-order valence-electron chi connectivity index (χ3n) is 3.90. The van der Waals surface area contributed by atoms with Gasteiger partial charge in [0, 0.05) is 29.9 Å². The Morgan fingerprint density at radius 2 is 1.80 bits per heavy atom. The first-order valence-electron chi connectivity index (χ1n) is 7.33. The average Bonchev–Trinajstić information content (AvgIpc) is 2.83. The summed E-state index contributed by atoms with van der Waals surface area (Å²) >= 11 is 0. The van der Waals surface area contributed by atoms with Crippen LogP contribution >= 0.6 is 0 Å². The van der Waals surface area contributed by atoms with E-state index in [9.17, 15) is 0 Å². The zero-order valence-corrected chi connectivity index (χ0v) is 12.5. The molecule has 0 saturated carbocycles. The van der Waals surface area contributed by atoms with Gasteiger partial charge in [-0.3, -0.25) is 4.90 Å². The lowest BCUT2D eigenvalue weighted by Gasteiger charge is -2.11. The fraction of sp³-hybridized carbons (Fsp3) is 0.412. The number of benzene rings is 1. The van der Waals surface area contributed by atoms with Crippen molar-refractivity contribution in [2.75, 3.05) is 6.54 Å². The Labute approximate surface area is 120 Å². The van der Waals surface area contributed by atoms with Gasteiger partial charge >= 0.3 is 0 Å². The molecule has 3 heteroatoms. The highest BCUT2D eigenvalue weighted by Gasteiger charge is 2.23. The van der Waals surface area contributed by atoms with Crippen molar-refractivity contribution in [1.29, 1.82) is 0 Å². The second-order valence-corrected chi connectivity index (χ2v) is 5.63. The zero-order valence-electron chi connectivity index (χ0n) is 12.5. The van der Waals surface area contributed by atoms with Crippen molar-refractivity contribution < 1.29 is 0 Å². The summed E-state index contributed by atoms with van der Waals surface area (Å²) in [5.41, 5.74) is 6.04. The molecule has 0 N–H and O–H groups in total. The van der Waals surface area contributed by atoms with Gasteiger partial charge in [-0.15, -0.1) is 0 Å². The van der Waals surface area contributed by atoms with Crippen LogP contribution in [-0.2, 0) is 13.1 Å². The quantitative estimate of drug-likeness (QED) is 0.852. The number of fused-ring (bicyclic) bond motifs is 1. The van der Waals surface area contributed by atoms with E-state index < -0.39 is 0 Å². The summed E-state index contributed by atoms with van der Waals surface area (Å²) in [4.78, 5) is 11.9. The minimum Gasteiger partial charge on any atom is -0.293 e. The Kier molecular flexibility index (Phi) is 3.53. The van der Waals surface area contributed by atoms with E-state index in [1.54, 1.807) is 0 Å². The van der Waals surface area contributed by atoms with Crippen molar-refractivity contribution in [1.82, 2.24) is 14.9 Å². The van der Waals surface area contributed by atoms with Crippen molar-refractivity contribution in [3.63, 3.8) is 0 Å². The van der Waals surface area contributed by atoms with E-state index in [0.717, 1.165) is 36.7 Å². The van der Waals surface area contributed by atoms with Crippen molar-refractivity contribution in [2.45, 2.75) is 40.3 Å². The van der Waals surface area contributed by atoms with Crippen LogP contribution in [0.1, 0.15) is 35.9 Å². The molecule has 0 radical (unpaired) electrons. The predicted molar refractivity (Wildman–Crippen MR) is 81.3 cm³/mol. The molecule has 0 saturated heterocycles. The van der Waals surface area contributed by atoms with Gasteiger partial charge in [-0.1, -0.05) is 36.8 Å². The van der Waals surface area contributed by atoms with Crippen LogP contribution in [0.5, 0.6) is 0 Å². The summed E-state index contributed by atoms with van der Waals surface area (Å²) in [5, 5.41) is 0. The first-order chi connectivity index (χ1) is 9.67. The molecule has 1 aromatic heterocycles. The van der Waals surface area contributed by atoms with Gasteiger partial charge in [0.2, 0.25) is 0 Å². The molecule has 0 atom stereocenters. The normalized spacial score (nSPS) is 14.6. The monoisotopic (exact) mass is 267 g/mol. The van der Waals surface area contributed by atoms with Gasteiger partial charge in [-0.05, 0) is 26.8 Å². The second kappa shape index (κ2) is 5.33. The van der Waals surface area contributed by atoms with E-state index >= 15 is 0 Å². The molecule has 20 heavy (non-hydrogen) atoms. The van der Waals surface area contributed by atoms with Crippen LogP contribution < -0.4 is 0 Å². The van der Waals surface area contributed by atoms with Gasteiger partial charge in [-0.25, -0.2) is 9.97 Å². The van der Waals surface area contributed by atoms with Gasteiger partial charge in [0.1, 0.15) is 0 Å². The van der Waals surface area contributed by atoms with Gasteiger partial charge in [0.05, 0.1) is 5.69 Å². The molecule has 0 spiro atoms. The summed E-state index contributed by atoms with van der Waals surface area (Å²) in [6.07, 6.45) is 1.19. The van der Waals surface area contributed by atoms with Gasteiger partial charge < -0.3 is 0 Å². The lowest BCUT2D eigenvalue weighted by molar-refractivity contribution is 0.283. The molecule has 3 nitrogen and oxygen atoms in total. The summed E-state index contributed by atoms with van der Waals surface area (Å²) in [7, 11) is 0. The standard InChI is InChI=1S/C17H21N3/c1-4-9-20-10-15-13(3)18-17(19-16(15)11-20)14-7-5-12(2)6-8-14/h5-8H,4,9-11H2,1-3H3. The molecule has 1 aromatic carbocycles. The fourth-order valence-electron chi connectivity index (χ4n) is 2.79. The molecule has 3 rings (SSSR count). The van der Waals surface area contributed by atoms with Crippen molar-refractivity contribution in [2.24, 2.45) is 0 Å². The number of hydrogen-bond acceptors (Lipinski definition) is 3. The molecule has 0 fully saturated rings. The Hall–Kier alpha value is -1.74. The predicted octanol–water partition coefficient (Wildman–Crippen LogP) is 3.49. The van der Waals surface area contributed by atoms with Crippen LogP contribution in [-0.4, -0.2) is 21.4 Å². The first-order valence-corrected chi connectivity index (χ1v) is 7.33. The molecule has 104 valence electrons. The molecule has 2 heterocycles. The van der Waals surface area contributed by atoms with Crippen LogP contribution in [0, 0.1) is 13.8 Å². The molecule has 0 bridgehead atoms. The maximum Gasteiger partial charge on any atom is 0.159 e. The number of rotatable bonds is 3. The third-order valence-corrected chi connectivity index (χ3v) is 3.90. The number of hydrogen-bond donors (Lipinski definition) is 0. The summed E-state index contributed by atoms with van der Waals surface area (Å²) in [6.45, 7) is 9.53. The Bertz CT molecular complexity index is 617. The van der Waals surface area contributed by atoms with Crippen LogP contribution in [0.2, 0.25) is 0 Å². The average molecular weight is 267 g/mol. The van der Waals surface area contributed by atoms with Crippen LogP contribution in [0.25, 0.3) is 11.4 Å². The third kappa shape index (κ3) is 2.46. The van der Waals surface area contributed by atoms with Gasteiger partial charge in [0.15, 0.2) is 5.82 Å². The number of nitrogens with zero attached hydrogens (tertiary/aromatic N) is 3. The minimum atomic E-state index is 0.861. The minimum absolute atomic E-state index is 0.861. The second-order valence-electron chi connectivity index (χ2n) is 5.63. The van der Waals surface area contributed by atoms with E-state index in [1.165, 1.54) is 23.2 Å². The van der Waals surface area contributed by atoms with Crippen molar-refractivity contribution in [3.05, 3.63) is 46.8 Å². The molecule has 1 aliphatic rings. The smallest absolute Gasteiger partial charge is 0.159 e. The number of aryl methyl sites for hydroxylation is 2. The molecule has 2 aromatic rings. The SMILES string of the molecule is CCCN1Cc2nc(-c3ccc(C)cc3)nc(C)c2C1. The van der Waals surface area contributed by atoms with Crippen LogP contribution in [0.4, 0.5) is 0 Å². The van der Waals surface area contributed by atoms with E-state index in [1.807, 2.05) is 0 Å². The van der Waals surface area contributed by atoms with Crippen molar-refractivity contribution >= 4 is 0 Å². The fourth-order valence-corrected chi connectivity index (χ4v) is 2.79. The number of aromatic nitrogens is 2. The Morgan fingerprint density at radius 1 is 1.05 bits per heavy atom. The maximum absolute atomic E-state index is 4.79. The topological polar surface area (TPSA) is 29.0 Å². The van der Waals surface area contributed by atoms with E-state index in [2.05, 4.69) is 49.9 Å². The largest absolute Gasteiger partial charge is 0.293 e. The molecule has 1 aliphatic heterocycles. The molecule has 0 amide bonds. The van der Waals surface area contributed by atoms with Crippen LogP contribution in [0.15, 0.2) is 24.3 Å². The Morgan fingerprint density at radius 3 is 2.50 bits per heavy atom. The van der Waals surface area contributed by atoms with Gasteiger partial charge in [0.25, 0.3) is 0 Å². The summed E-state index contributed by atoms with van der Waals surface area (Å²) < 4.78 is 0. The highest BCUT2D eigenvalue weighted by atomic mass is 15.2. The summed E-state index contributed by atoms with van der Waals surface area (Å²) in [6, 6.07) is 8.44. The molecule has 0 aliphatic carbocycles. The highest BCUT2D eigenvalue weighted by Crippen LogP contribution is 2.26. The van der Waals surface area contributed by atoms with Gasteiger partial charge in [-0.2, -0.15) is 0 Å². The highest BCUT2D eigenvalue weighted by molar-refractivity contribution is 5.56. The Balaban J connectivity index is 1.95. The first kappa shape index (κ1) is 13.3. The molecular weight excluding hydrogens is 246 g/mol. The molecule has 0 unspecified atom stereocenters. The molecular formula is C17H21N3. The lowest BCUT2D eigenvalue weighted by atomic mass is 10.1.